The highest BCUT2D eigenvalue weighted by Gasteiger charge is 2.58. The number of aliphatic hydroxyl groups excluding tert-OH is 1. The molecule has 0 heterocycles. The molecule has 6 rings (SSSR count). The number of nitrogens with zero attached hydrogens (tertiary/aromatic N) is 1. The van der Waals surface area contributed by atoms with Crippen molar-refractivity contribution >= 4 is 15.8 Å². The maximum atomic E-state index is 14.3. The van der Waals surface area contributed by atoms with E-state index in [2.05, 4.69) is 26.0 Å². The Labute approximate surface area is 287 Å². The number of benzene rings is 2. The fourth-order valence-electron chi connectivity index (χ4n) is 8.55. The molecule has 0 aromatic heterocycles. The quantitative estimate of drug-likeness (QED) is 0.217. The second-order valence-electron chi connectivity index (χ2n) is 14.9. The molecule has 4 aliphatic carbocycles. The molecule has 264 valence electrons. The summed E-state index contributed by atoms with van der Waals surface area (Å²) in [5.74, 6) is 1.12. The summed E-state index contributed by atoms with van der Waals surface area (Å²) in [6.07, 6.45) is 12.2. The number of fused-ring (bicyclic) bond motifs is 8. The van der Waals surface area contributed by atoms with Gasteiger partial charge in [0, 0.05) is 41.6 Å². The molecular formula is C39H55NO7S. The maximum Gasteiger partial charge on any atom is 0.211 e. The van der Waals surface area contributed by atoms with Crippen LogP contribution >= 0.6 is 0 Å². The third-order valence-corrected chi connectivity index (χ3v) is 12.9. The van der Waals surface area contributed by atoms with Crippen LogP contribution in [-0.2, 0) is 23.0 Å². The van der Waals surface area contributed by atoms with Crippen molar-refractivity contribution in [3.63, 3.8) is 0 Å². The molecule has 4 aliphatic rings. The van der Waals surface area contributed by atoms with Crippen molar-refractivity contribution in [3.05, 3.63) is 70.3 Å². The Morgan fingerprint density at radius 2 is 1.75 bits per heavy atom. The number of aliphatic hydroxyl groups is 2. The van der Waals surface area contributed by atoms with Gasteiger partial charge in [0.15, 0.2) is 5.78 Å². The van der Waals surface area contributed by atoms with Crippen LogP contribution < -0.4 is 9.47 Å². The molecule has 2 aromatic carbocycles. The molecule has 2 N–H and O–H groups in total. The summed E-state index contributed by atoms with van der Waals surface area (Å²) < 4.78 is 39.1. The Morgan fingerprint density at radius 1 is 1.00 bits per heavy atom. The molecule has 4 atom stereocenters. The second-order valence-corrected chi connectivity index (χ2v) is 16.8. The van der Waals surface area contributed by atoms with Crippen molar-refractivity contribution in [2.45, 2.75) is 115 Å². The molecule has 4 unspecified atom stereocenters. The van der Waals surface area contributed by atoms with Crippen LogP contribution in [0.3, 0.4) is 0 Å². The van der Waals surface area contributed by atoms with Crippen molar-refractivity contribution < 1.29 is 32.9 Å². The Bertz CT molecular complexity index is 1600. The summed E-state index contributed by atoms with van der Waals surface area (Å²) in [6.45, 7) is 4.14. The van der Waals surface area contributed by atoms with Crippen LogP contribution in [0.15, 0.2) is 48.0 Å². The number of sulfonamides is 1. The van der Waals surface area contributed by atoms with Gasteiger partial charge in [-0.1, -0.05) is 56.0 Å². The number of carbonyl (C=O) groups excluding carboxylic acids is 1. The average molecular weight is 682 g/mol. The highest BCUT2D eigenvalue weighted by Crippen LogP contribution is 2.59. The van der Waals surface area contributed by atoms with Gasteiger partial charge in [0.1, 0.15) is 11.5 Å². The number of ketones is 1. The molecule has 2 fully saturated rings. The number of ether oxygens (including phenoxy) is 2. The van der Waals surface area contributed by atoms with E-state index in [9.17, 15) is 23.4 Å². The zero-order valence-corrected chi connectivity index (χ0v) is 30.3. The van der Waals surface area contributed by atoms with Gasteiger partial charge in [-0.25, -0.2) is 8.42 Å². The third-order valence-electron chi connectivity index (χ3n) is 11.7. The first kappa shape index (κ1) is 36.6. The zero-order valence-electron chi connectivity index (χ0n) is 29.5. The molecule has 2 saturated carbocycles. The van der Waals surface area contributed by atoms with Crippen molar-refractivity contribution in [1.29, 1.82) is 0 Å². The summed E-state index contributed by atoms with van der Waals surface area (Å²) >= 11 is 0. The maximum absolute atomic E-state index is 14.3. The molecule has 0 saturated heterocycles. The number of Topliss-reactive ketones (excluding diaryl/α,β-unsaturated/α-hetero) is 1. The highest BCUT2D eigenvalue weighted by molar-refractivity contribution is 7.88. The Kier molecular flexibility index (Phi) is 11.4. The predicted molar refractivity (Wildman–Crippen MR) is 189 cm³/mol. The lowest BCUT2D eigenvalue weighted by atomic mass is 9.64. The minimum atomic E-state index is -3.75. The zero-order chi connectivity index (χ0) is 34.7. The van der Waals surface area contributed by atoms with Gasteiger partial charge < -0.3 is 19.7 Å². The lowest BCUT2D eigenvalue weighted by Gasteiger charge is -2.46. The average Bonchev–Trinajstić information content (AvgIpc) is 3.32. The molecule has 2 aromatic rings. The van der Waals surface area contributed by atoms with E-state index in [4.69, 9.17) is 9.47 Å². The number of rotatable bonds is 9. The van der Waals surface area contributed by atoms with Crippen LogP contribution in [0.4, 0.5) is 0 Å². The smallest absolute Gasteiger partial charge is 0.211 e. The van der Waals surface area contributed by atoms with Gasteiger partial charge in [-0.15, -0.1) is 0 Å². The van der Waals surface area contributed by atoms with Crippen LogP contribution in [-0.4, -0.2) is 67.4 Å². The largest absolute Gasteiger partial charge is 0.497 e. The molecule has 48 heavy (non-hydrogen) atoms. The van der Waals surface area contributed by atoms with Gasteiger partial charge in [0.2, 0.25) is 10.0 Å². The fourth-order valence-corrected chi connectivity index (χ4v) is 9.37. The van der Waals surface area contributed by atoms with Crippen LogP contribution in [0.1, 0.15) is 117 Å². The molecule has 2 bridgehead atoms. The normalized spacial score (nSPS) is 27.3. The standard InChI is InChI=1S/C39H55NO7S/c1-27-10-9-20-38(2)35(33-18-14-28(22-31(41)16-13-27)23-34(33)37(42)29-11-7-6-8-12-29)19-21-39(38,43)26-40(48(5,44)45)25-30-15-17-32(46-3)24-36(30)47-4/h10,14-15,17-18,23-24,29,31,35,41,43H,6-9,11-13,16,19-22,25-26H2,1-5H3. The van der Waals surface area contributed by atoms with Gasteiger partial charge in [-0.2, -0.15) is 4.31 Å². The van der Waals surface area contributed by atoms with Crippen LogP contribution in [0, 0.1) is 11.3 Å². The van der Waals surface area contributed by atoms with E-state index in [-0.39, 0.29) is 30.7 Å². The SMILES string of the molecule is COc1ccc(CN(CC2(O)CCC3c4ccc(cc4C(=O)C4CCCCC4)CC(O)CCC(C)=CCCC32C)S(C)(=O)=O)c(OC)c1. The molecule has 0 radical (unpaired) electrons. The molecule has 0 aliphatic heterocycles. The van der Waals surface area contributed by atoms with E-state index in [0.717, 1.165) is 55.2 Å². The molecule has 0 spiro atoms. The first-order valence-corrected chi connectivity index (χ1v) is 19.5. The van der Waals surface area contributed by atoms with Crippen LogP contribution in [0.25, 0.3) is 0 Å². The van der Waals surface area contributed by atoms with Gasteiger partial charge in [0.25, 0.3) is 0 Å². The minimum Gasteiger partial charge on any atom is -0.497 e. The van der Waals surface area contributed by atoms with Gasteiger partial charge in [-0.3, -0.25) is 4.79 Å². The summed E-state index contributed by atoms with van der Waals surface area (Å²) in [6, 6.07) is 11.4. The Balaban J connectivity index is 1.57. The number of hydrogen-bond donors (Lipinski definition) is 2. The summed E-state index contributed by atoms with van der Waals surface area (Å²) in [5.41, 5.74) is 2.40. The van der Waals surface area contributed by atoms with E-state index in [1.165, 1.54) is 16.1 Å². The number of methoxy groups -OCH3 is 2. The number of allylic oxidation sites excluding steroid dienone is 2. The van der Waals surface area contributed by atoms with E-state index < -0.39 is 27.1 Å². The summed E-state index contributed by atoms with van der Waals surface area (Å²) in [5, 5.41) is 23.7. The van der Waals surface area contributed by atoms with Gasteiger partial charge >= 0.3 is 0 Å². The first-order valence-electron chi connectivity index (χ1n) is 17.7. The summed E-state index contributed by atoms with van der Waals surface area (Å²) in [4.78, 5) is 14.3. The summed E-state index contributed by atoms with van der Waals surface area (Å²) in [7, 11) is -0.635. The van der Waals surface area contributed by atoms with Gasteiger partial charge in [0.05, 0.1) is 32.2 Å². The van der Waals surface area contributed by atoms with Crippen molar-refractivity contribution in [1.82, 2.24) is 4.31 Å². The van der Waals surface area contributed by atoms with Crippen molar-refractivity contribution in [3.8, 4) is 11.5 Å². The Hall–Kier alpha value is -2.72. The van der Waals surface area contributed by atoms with Crippen LogP contribution in [0.5, 0.6) is 11.5 Å². The molecule has 9 heteroatoms. The topological polar surface area (TPSA) is 113 Å². The molecule has 8 nitrogen and oxygen atoms in total. The van der Waals surface area contributed by atoms with Crippen LogP contribution in [0.2, 0.25) is 0 Å². The fraction of sp³-hybridized carbons (Fsp3) is 0.615. The van der Waals surface area contributed by atoms with Crippen molar-refractivity contribution in [2.24, 2.45) is 11.3 Å². The lowest BCUT2D eigenvalue weighted by molar-refractivity contribution is -0.0731. The van der Waals surface area contributed by atoms with E-state index in [1.54, 1.807) is 32.4 Å². The number of hydrogen-bond acceptors (Lipinski definition) is 7. The molecular weight excluding hydrogens is 626 g/mol. The highest BCUT2D eigenvalue weighted by atomic mass is 32.2. The van der Waals surface area contributed by atoms with Crippen molar-refractivity contribution in [2.75, 3.05) is 27.0 Å². The Morgan fingerprint density at radius 3 is 2.44 bits per heavy atom. The first-order chi connectivity index (χ1) is 22.8. The lowest BCUT2D eigenvalue weighted by Crippen LogP contribution is -2.53. The monoisotopic (exact) mass is 681 g/mol. The van der Waals surface area contributed by atoms with E-state index in [0.29, 0.717) is 55.6 Å². The predicted octanol–water partition coefficient (Wildman–Crippen LogP) is 6.97. The second kappa shape index (κ2) is 15.0. The van der Waals surface area contributed by atoms with Gasteiger partial charge in [-0.05, 0) is 93.9 Å². The van der Waals surface area contributed by atoms with E-state index in [1.807, 2.05) is 12.1 Å². The van der Waals surface area contributed by atoms with E-state index >= 15 is 0 Å². The number of carbonyl (C=O) groups is 1. The third kappa shape index (κ3) is 7.85. The minimum absolute atomic E-state index is 0.0196. The molecule has 0 amide bonds.